The zero-order valence-electron chi connectivity index (χ0n) is 10.7. The van der Waals surface area contributed by atoms with E-state index in [1.807, 2.05) is 0 Å². The highest BCUT2D eigenvalue weighted by Gasteiger charge is 2.39. The number of aliphatic hydroxyl groups is 1. The highest BCUT2D eigenvalue weighted by molar-refractivity contribution is 5.27. The molecule has 0 aromatic heterocycles. The van der Waals surface area contributed by atoms with Crippen molar-refractivity contribution in [1.82, 2.24) is 0 Å². The zero-order valence-corrected chi connectivity index (χ0v) is 10.7. The van der Waals surface area contributed by atoms with E-state index in [0.717, 1.165) is 24.8 Å². The summed E-state index contributed by atoms with van der Waals surface area (Å²) < 4.78 is 37.0. The van der Waals surface area contributed by atoms with E-state index in [1.165, 1.54) is 6.92 Å². The van der Waals surface area contributed by atoms with Crippen LogP contribution in [0, 0.1) is 0 Å². The molecule has 1 nitrogen and oxygen atoms in total. The van der Waals surface area contributed by atoms with Gasteiger partial charge in [-0.2, -0.15) is 13.2 Å². The maximum atomic E-state index is 12.3. The Balaban J connectivity index is 2.77. The minimum Gasteiger partial charge on any atom is -0.385 e. The van der Waals surface area contributed by atoms with Crippen molar-refractivity contribution in [2.75, 3.05) is 0 Å². The third-order valence-corrected chi connectivity index (χ3v) is 2.94. The van der Waals surface area contributed by atoms with Gasteiger partial charge in [-0.25, -0.2) is 0 Å². The topological polar surface area (TPSA) is 20.2 Å². The summed E-state index contributed by atoms with van der Waals surface area (Å²) >= 11 is 0. The molecule has 0 bridgehead atoms. The minimum absolute atomic E-state index is 0.306. The number of aryl methyl sites for hydroxylation is 1. The van der Waals surface area contributed by atoms with Gasteiger partial charge in [0.05, 0.1) is 12.0 Å². The summed E-state index contributed by atoms with van der Waals surface area (Å²) in [5.74, 6) is 0. The van der Waals surface area contributed by atoms with E-state index < -0.39 is 18.2 Å². The van der Waals surface area contributed by atoms with E-state index in [1.54, 1.807) is 24.3 Å². The Morgan fingerprint density at radius 3 is 2.11 bits per heavy atom. The van der Waals surface area contributed by atoms with E-state index in [2.05, 4.69) is 6.92 Å². The average Bonchev–Trinajstić information content (AvgIpc) is 2.23. The predicted molar refractivity (Wildman–Crippen MR) is 65.3 cm³/mol. The summed E-state index contributed by atoms with van der Waals surface area (Å²) in [4.78, 5) is 0. The van der Waals surface area contributed by atoms with Gasteiger partial charge < -0.3 is 5.11 Å². The fourth-order valence-corrected chi connectivity index (χ4v) is 1.90. The summed E-state index contributed by atoms with van der Waals surface area (Å²) in [6.07, 6.45) is -2.55. The monoisotopic (exact) mass is 260 g/mol. The summed E-state index contributed by atoms with van der Waals surface area (Å²) in [6, 6.07) is 6.74. The molecule has 0 amide bonds. The lowest BCUT2D eigenvalue weighted by molar-refractivity contribution is -0.174. The molecule has 18 heavy (non-hydrogen) atoms. The van der Waals surface area contributed by atoms with Crippen LogP contribution in [0.3, 0.4) is 0 Å². The summed E-state index contributed by atoms with van der Waals surface area (Å²) in [7, 11) is 0. The zero-order chi connectivity index (χ0) is 13.8. The van der Waals surface area contributed by atoms with Gasteiger partial charge in [0.25, 0.3) is 0 Å². The van der Waals surface area contributed by atoms with Gasteiger partial charge >= 0.3 is 6.18 Å². The van der Waals surface area contributed by atoms with Crippen LogP contribution < -0.4 is 0 Å². The highest BCUT2D eigenvalue weighted by atomic mass is 19.4. The first kappa shape index (κ1) is 15.0. The van der Waals surface area contributed by atoms with Gasteiger partial charge in [0.15, 0.2) is 0 Å². The molecule has 1 rings (SSSR count). The maximum absolute atomic E-state index is 12.3. The van der Waals surface area contributed by atoms with Crippen LogP contribution >= 0.6 is 0 Å². The third-order valence-electron chi connectivity index (χ3n) is 2.94. The molecule has 0 aliphatic rings. The molecule has 0 fully saturated rings. The highest BCUT2D eigenvalue weighted by Crippen LogP contribution is 2.34. The minimum atomic E-state index is -4.37. The molecule has 0 saturated carbocycles. The summed E-state index contributed by atoms with van der Waals surface area (Å²) in [6.45, 7) is 3.28. The lowest BCUT2D eigenvalue weighted by atomic mass is 9.91. The quantitative estimate of drug-likeness (QED) is 0.841. The average molecular weight is 260 g/mol. The van der Waals surface area contributed by atoms with Gasteiger partial charge in [-0.15, -0.1) is 0 Å². The van der Waals surface area contributed by atoms with Crippen LogP contribution in [0.15, 0.2) is 24.3 Å². The molecule has 1 unspecified atom stereocenters. The van der Waals surface area contributed by atoms with Gasteiger partial charge in [0.1, 0.15) is 0 Å². The van der Waals surface area contributed by atoms with Gasteiger partial charge in [0.2, 0.25) is 0 Å². The number of hydrogen-bond donors (Lipinski definition) is 1. The van der Waals surface area contributed by atoms with Gasteiger partial charge in [-0.3, -0.25) is 0 Å². The molecule has 0 aliphatic carbocycles. The van der Waals surface area contributed by atoms with Crippen LogP contribution in [0.2, 0.25) is 0 Å². The second-order valence-corrected chi connectivity index (χ2v) is 4.87. The van der Waals surface area contributed by atoms with Crippen molar-refractivity contribution in [3.63, 3.8) is 0 Å². The molecule has 1 aromatic carbocycles. The van der Waals surface area contributed by atoms with Crippen LogP contribution in [0.4, 0.5) is 13.2 Å². The predicted octanol–water partition coefficient (Wildman–Crippen LogP) is 4.19. The van der Waals surface area contributed by atoms with Crippen LogP contribution in [-0.2, 0) is 12.0 Å². The molecular formula is C14H19F3O. The molecule has 102 valence electrons. The second kappa shape index (κ2) is 5.74. The van der Waals surface area contributed by atoms with E-state index in [-0.39, 0.29) is 0 Å². The largest absolute Gasteiger partial charge is 0.392 e. The van der Waals surface area contributed by atoms with E-state index in [9.17, 15) is 18.3 Å². The first-order valence-corrected chi connectivity index (χ1v) is 6.13. The first-order chi connectivity index (χ1) is 8.24. The molecular weight excluding hydrogens is 241 g/mol. The van der Waals surface area contributed by atoms with Gasteiger partial charge in [-0.1, -0.05) is 37.6 Å². The fraction of sp³-hybridized carbons (Fsp3) is 0.571. The number of unbranched alkanes of at least 4 members (excludes halogenated alkanes) is 1. The van der Waals surface area contributed by atoms with Gasteiger partial charge in [-0.05, 0) is 30.9 Å². The molecule has 1 atom stereocenters. The van der Waals surface area contributed by atoms with Crippen molar-refractivity contribution >= 4 is 0 Å². The first-order valence-electron chi connectivity index (χ1n) is 6.13. The third kappa shape index (κ3) is 4.69. The Labute approximate surface area is 106 Å². The molecule has 1 N–H and O–H groups in total. The number of halogens is 3. The Kier molecular flexibility index (Phi) is 4.79. The lowest BCUT2D eigenvalue weighted by Gasteiger charge is -2.25. The normalized spacial score (nSPS) is 15.4. The summed E-state index contributed by atoms with van der Waals surface area (Å²) in [5, 5.41) is 9.87. The van der Waals surface area contributed by atoms with Crippen molar-refractivity contribution in [3.8, 4) is 0 Å². The van der Waals surface area contributed by atoms with Gasteiger partial charge in [0, 0.05) is 0 Å². The molecule has 0 aliphatic heterocycles. The van der Waals surface area contributed by atoms with Crippen molar-refractivity contribution in [3.05, 3.63) is 35.4 Å². The molecule has 0 spiro atoms. The summed E-state index contributed by atoms with van der Waals surface area (Å²) in [5.41, 5.74) is -0.467. The van der Waals surface area contributed by atoms with E-state index in [4.69, 9.17) is 0 Å². The van der Waals surface area contributed by atoms with Crippen molar-refractivity contribution in [2.24, 2.45) is 0 Å². The van der Waals surface area contributed by atoms with Crippen molar-refractivity contribution in [1.29, 1.82) is 0 Å². The number of alkyl halides is 3. The lowest BCUT2D eigenvalue weighted by Crippen LogP contribution is -2.28. The Hall–Kier alpha value is -1.03. The van der Waals surface area contributed by atoms with Crippen molar-refractivity contribution in [2.45, 2.75) is 51.3 Å². The Morgan fingerprint density at radius 2 is 1.67 bits per heavy atom. The molecule has 4 heteroatoms. The van der Waals surface area contributed by atoms with E-state index >= 15 is 0 Å². The van der Waals surface area contributed by atoms with Crippen LogP contribution in [-0.4, -0.2) is 11.3 Å². The van der Waals surface area contributed by atoms with Crippen molar-refractivity contribution < 1.29 is 18.3 Å². The second-order valence-electron chi connectivity index (χ2n) is 4.87. The fourth-order valence-electron chi connectivity index (χ4n) is 1.90. The molecule has 0 radical (unpaired) electrons. The smallest absolute Gasteiger partial charge is 0.385 e. The van der Waals surface area contributed by atoms with Crippen LogP contribution in [0.1, 0.15) is 44.2 Å². The standard InChI is InChI=1S/C14H19F3O/c1-3-4-5-11-6-8-12(9-7-11)13(2,18)10-14(15,16)17/h6-9,18H,3-5,10H2,1-2H3. The van der Waals surface area contributed by atoms with Crippen LogP contribution in [0.25, 0.3) is 0 Å². The SMILES string of the molecule is CCCCc1ccc(C(C)(O)CC(F)(F)F)cc1. The molecule has 0 saturated heterocycles. The maximum Gasteiger partial charge on any atom is 0.392 e. The van der Waals surface area contributed by atoms with Crippen LogP contribution in [0.5, 0.6) is 0 Å². The number of benzene rings is 1. The Morgan fingerprint density at radius 1 is 1.11 bits per heavy atom. The Bertz CT molecular complexity index is 366. The molecule has 0 heterocycles. The molecule has 1 aromatic rings. The van der Waals surface area contributed by atoms with E-state index in [0.29, 0.717) is 5.56 Å². The number of rotatable bonds is 5. The number of hydrogen-bond acceptors (Lipinski definition) is 1.